The molecule has 0 unspecified atom stereocenters. The number of hydrogen-bond acceptors (Lipinski definition) is 3. The summed E-state index contributed by atoms with van der Waals surface area (Å²) in [6.45, 7) is 5.36. The van der Waals surface area contributed by atoms with Crippen LogP contribution in [-0.4, -0.2) is 22.2 Å². The lowest BCUT2D eigenvalue weighted by Gasteiger charge is -2.31. The van der Waals surface area contributed by atoms with E-state index in [1.165, 1.54) is 5.56 Å². The van der Waals surface area contributed by atoms with Gasteiger partial charge in [0.25, 0.3) is 5.91 Å². The summed E-state index contributed by atoms with van der Waals surface area (Å²) in [5, 5.41) is 4.17. The molecule has 2 heterocycles. The second-order valence-electron chi connectivity index (χ2n) is 5.41. The Kier molecular flexibility index (Phi) is 3.41. The normalized spacial score (nSPS) is 14.1. The minimum atomic E-state index is -0.0536. The van der Waals surface area contributed by atoms with Crippen LogP contribution >= 0.6 is 0 Å². The molecule has 0 radical (unpaired) electrons. The summed E-state index contributed by atoms with van der Waals surface area (Å²) >= 11 is 0. The Labute approximate surface area is 124 Å². The van der Waals surface area contributed by atoms with Gasteiger partial charge in [0.15, 0.2) is 0 Å². The molecule has 2 N–H and O–H groups in total. The average Bonchev–Trinajstić information content (AvgIpc) is 2.87. The van der Waals surface area contributed by atoms with Gasteiger partial charge < -0.3 is 10.6 Å². The summed E-state index contributed by atoms with van der Waals surface area (Å²) < 4.78 is 1.67. The molecular weight excluding hydrogens is 264 g/mol. The van der Waals surface area contributed by atoms with Crippen LogP contribution in [0.2, 0.25) is 0 Å². The van der Waals surface area contributed by atoms with Gasteiger partial charge in [-0.1, -0.05) is 18.2 Å². The number of fused-ring (bicyclic) bond motifs is 1. The lowest BCUT2D eigenvalue weighted by Crippen LogP contribution is -2.37. The van der Waals surface area contributed by atoms with Gasteiger partial charge in [-0.3, -0.25) is 9.48 Å². The van der Waals surface area contributed by atoms with E-state index in [-0.39, 0.29) is 5.91 Å². The second-order valence-corrected chi connectivity index (χ2v) is 5.41. The van der Waals surface area contributed by atoms with Crippen molar-refractivity contribution >= 4 is 17.3 Å². The van der Waals surface area contributed by atoms with E-state index in [4.69, 9.17) is 5.73 Å². The molecular formula is C16H20N4O. The number of carbonyl (C=O) groups excluding carboxylic acids is 1. The van der Waals surface area contributed by atoms with Crippen molar-refractivity contribution in [1.29, 1.82) is 0 Å². The van der Waals surface area contributed by atoms with E-state index in [1.54, 1.807) is 10.9 Å². The Morgan fingerprint density at radius 2 is 2.24 bits per heavy atom. The molecule has 1 amide bonds. The van der Waals surface area contributed by atoms with Crippen LogP contribution in [-0.2, 0) is 13.0 Å². The fourth-order valence-electron chi connectivity index (χ4n) is 3.05. The minimum Gasteiger partial charge on any atom is -0.396 e. The molecule has 1 aromatic carbocycles. The summed E-state index contributed by atoms with van der Waals surface area (Å²) in [6, 6.07) is 6.19. The molecule has 3 rings (SSSR count). The van der Waals surface area contributed by atoms with Gasteiger partial charge in [-0.05, 0) is 37.8 Å². The Bertz CT molecular complexity index is 690. The zero-order chi connectivity index (χ0) is 15.0. The average molecular weight is 284 g/mol. The van der Waals surface area contributed by atoms with Crippen molar-refractivity contribution in [2.75, 3.05) is 17.2 Å². The van der Waals surface area contributed by atoms with Crippen LogP contribution in [0.4, 0.5) is 11.4 Å². The number of rotatable bonds is 2. The van der Waals surface area contributed by atoms with E-state index in [9.17, 15) is 4.79 Å². The Morgan fingerprint density at radius 3 is 3.00 bits per heavy atom. The molecule has 2 aromatic rings. The lowest BCUT2D eigenvalue weighted by atomic mass is 9.98. The van der Waals surface area contributed by atoms with Gasteiger partial charge in [0.1, 0.15) is 5.69 Å². The Hall–Kier alpha value is -2.30. The smallest absolute Gasteiger partial charge is 0.278 e. The number of anilines is 2. The highest BCUT2D eigenvalue weighted by molar-refractivity contribution is 6.09. The number of aryl methyl sites for hydroxylation is 3. The second kappa shape index (κ2) is 5.24. The van der Waals surface area contributed by atoms with Gasteiger partial charge in [-0.15, -0.1) is 0 Å². The SMILES string of the molecule is CCn1ncc(N)c1C(=O)N1CCCc2cccc(C)c21. The highest BCUT2D eigenvalue weighted by Gasteiger charge is 2.28. The molecule has 1 aromatic heterocycles. The molecule has 0 aliphatic carbocycles. The Morgan fingerprint density at radius 1 is 1.43 bits per heavy atom. The molecule has 110 valence electrons. The van der Waals surface area contributed by atoms with Crippen molar-refractivity contribution in [2.24, 2.45) is 0 Å². The fourth-order valence-corrected chi connectivity index (χ4v) is 3.05. The molecule has 1 aliphatic rings. The van der Waals surface area contributed by atoms with Crippen LogP contribution in [0, 0.1) is 6.92 Å². The highest BCUT2D eigenvalue weighted by atomic mass is 16.2. The number of hydrogen-bond donors (Lipinski definition) is 1. The molecule has 21 heavy (non-hydrogen) atoms. The molecule has 0 bridgehead atoms. The maximum Gasteiger partial charge on any atom is 0.278 e. The number of nitrogen functional groups attached to an aromatic ring is 1. The number of amides is 1. The van der Waals surface area contributed by atoms with Gasteiger partial charge in [0.05, 0.1) is 17.6 Å². The van der Waals surface area contributed by atoms with Crippen molar-refractivity contribution in [1.82, 2.24) is 9.78 Å². The quantitative estimate of drug-likeness (QED) is 0.921. The number of nitrogens with two attached hydrogens (primary N) is 1. The molecule has 0 saturated heterocycles. The molecule has 0 atom stereocenters. The minimum absolute atomic E-state index is 0.0536. The van der Waals surface area contributed by atoms with E-state index in [1.807, 2.05) is 30.9 Å². The predicted octanol–water partition coefficient (Wildman–Crippen LogP) is 2.39. The van der Waals surface area contributed by atoms with Gasteiger partial charge in [-0.2, -0.15) is 5.10 Å². The zero-order valence-corrected chi connectivity index (χ0v) is 12.5. The zero-order valence-electron chi connectivity index (χ0n) is 12.5. The number of nitrogens with zero attached hydrogens (tertiary/aromatic N) is 3. The van der Waals surface area contributed by atoms with Crippen LogP contribution in [0.3, 0.4) is 0 Å². The summed E-state index contributed by atoms with van der Waals surface area (Å²) in [5.74, 6) is -0.0536. The van der Waals surface area contributed by atoms with Crippen LogP contribution in [0.1, 0.15) is 35.0 Å². The third-order valence-corrected chi connectivity index (χ3v) is 4.03. The molecule has 0 fully saturated rings. The largest absolute Gasteiger partial charge is 0.396 e. The fraction of sp³-hybridized carbons (Fsp3) is 0.375. The van der Waals surface area contributed by atoms with Crippen LogP contribution in [0.25, 0.3) is 0 Å². The molecule has 0 saturated carbocycles. The van der Waals surface area contributed by atoms with E-state index in [0.29, 0.717) is 17.9 Å². The first-order valence-electron chi connectivity index (χ1n) is 7.35. The number of para-hydroxylation sites is 1. The standard InChI is InChI=1S/C16H20N4O/c1-3-20-15(13(17)10-18-20)16(21)19-9-5-8-12-7-4-6-11(2)14(12)19/h4,6-7,10H,3,5,8-9,17H2,1-2H3. The number of aromatic nitrogens is 2. The van der Waals surface area contributed by atoms with Crippen molar-refractivity contribution in [3.05, 3.63) is 41.2 Å². The van der Waals surface area contributed by atoms with Gasteiger partial charge >= 0.3 is 0 Å². The van der Waals surface area contributed by atoms with E-state index in [0.717, 1.165) is 30.6 Å². The summed E-state index contributed by atoms with van der Waals surface area (Å²) in [7, 11) is 0. The third kappa shape index (κ3) is 2.18. The van der Waals surface area contributed by atoms with Crippen LogP contribution in [0.5, 0.6) is 0 Å². The van der Waals surface area contributed by atoms with E-state index >= 15 is 0 Å². The summed E-state index contributed by atoms with van der Waals surface area (Å²) in [4.78, 5) is 14.8. The number of carbonyl (C=O) groups is 1. The maximum atomic E-state index is 13.0. The van der Waals surface area contributed by atoms with Crippen LogP contribution in [0.15, 0.2) is 24.4 Å². The predicted molar refractivity (Wildman–Crippen MR) is 83.5 cm³/mol. The molecule has 5 nitrogen and oxygen atoms in total. The monoisotopic (exact) mass is 284 g/mol. The van der Waals surface area contributed by atoms with E-state index < -0.39 is 0 Å². The maximum absolute atomic E-state index is 13.0. The van der Waals surface area contributed by atoms with Gasteiger partial charge in [0.2, 0.25) is 0 Å². The van der Waals surface area contributed by atoms with Crippen molar-refractivity contribution < 1.29 is 4.79 Å². The van der Waals surface area contributed by atoms with Crippen LogP contribution < -0.4 is 10.6 Å². The lowest BCUT2D eigenvalue weighted by molar-refractivity contribution is 0.0975. The number of benzene rings is 1. The molecule has 1 aliphatic heterocycles. The Balaban J connectivity index is 2.07. The first-order chi connectivity index (χ1) is 10.1. The summed E-state index contributed by atoms with van der Waals surface area (Å²) in [5.41, 5.74) is 10.3. The molecule has 0 spiro atoms. The van der Waals surface area contributed by atoms with E-state index in [2.05, 4.69) is 11.2 Å². The summed E-state index contributed by atoms with van der Waals surface area (Å²) in [6.07, 6.45) is 3.55. The first kappa shape index (κ1) is 13.7. The van der Waals surface area contributed by atoms with Crippen molar-refractivity contribution in [2.45, 2.75) is 33.2 Å². The topological polar surface area (TPSA) is 64.2 Å². The third-order valence-electron chi connectivity index (χ3n) is 4.03. The highest BCUT2D eigenvalue weighted by Crippen LogP contribution is 2.32. The van der Waals surface area contributed by atoms with Crippen molar-refractivity contribution in [3.63, 3.8) is 0 Å². The van der Waals surface area contributed by atoms with Gasteiger partial charge in [-0.25, -0.2) is 0 Å². The van der Waals surface area contributed by atoms with Crippen molar-refractivity contribution in [3.8, 4) is 0 Å². The molecule has 5 heteroatoms. The van der Waals surface area contributed by atoms with Gasteiger partial charge in [0, 0.05) is 13.1 Å². The first-order valence-corrected chi connectivity index (χ1v) is 7.35.